The Bertz CT molecular complexity index is 5790. The topological polar surface area (TPSA) is 580 Å². The number of alkyl carbamates (subject to hydrolysis) is 3. The van der Waals surface area contributed by atoms with Crippen LogP contribution in [-0.4, -0.2) is 261 Å². The zero-order valence-corrected chi connectivity index (χ0v) is 86.6. The molecule has 0 spiro atoms. The number of hydrogen-bond donors (Lipinski definition) is 11. The van der Waals surface area contributed by atoms with Gasteiger partial charge in [-0.3, -0.25) is 33.3 Å². The van der Waals surface area contributed by atoms with Gasteiger partial charge in [-0.25, -0.2) is 33.6 Å². The Morgan fingerprint density at radius 3 is 1.16 bits per heavy atom. The van der Waals surface area contributed by atoms with Gasteiger partial charge in [-0.05, 0) is 165 Å². The molecule has 0 aromatic heterocycles. The summed E-state index contributed by atoms with van der Waals surface area (Å²) in [6, 6.07) is 38.4. The van der Waals surface area contributed by atoms with Crippen LogP contribution in [0.4, 0.5) is 14.4 Å². The number of ether oxygens (including phenoxy) is 13. The summed E-state index contributed by atoms with van der Waals surface area (Å²) in [6.45, 7) is 24.2. The molecule has 147 heavy (non-hydrogen) atoms. The molecule has 12 N–H and O–H groups in total. The maximum Gasteiger partial charge on any atom is 0.408 e. The molecule has 6 fully saturated rings. The maximum absolute atomic E-state index is 15.3. The largest absolute Gasteiger partial charge is 0.455 e. The summed E-state index contributed by atoms with van der Waals surface area (Å²) in [7, 11) is -3.67. The van der Waals surface area contributed by atoms with E-state index in [1.54, 1.807) is 152 Å². The molecule has 6 aliphatic carbocycles. The Labute approximate surface area is 853 Å². The minimum Gasteiger partial charge on any atom is -0.455 e. The number of fused-ring (bicyclic) bond motifs is 10. The molecule has 4 saturated carbocycles. The van der Waals surface area contributed by atoms with Crippen molar-refractivity contribution in [1.82, 2.24) is 16.0 Å². The predicted octanol–water partition coefficient (Wildman–Crippen LogP) is 10.1. The van der Waals surface area contributed by atoms with E-state index in [2.05, 4.69) is 16.0 Å². The van der Waals surface area contributed by atoms with Crippen LogP contribution in [0.25, 0.3) is 0 Å². The highest BCUT2D eigenvalue weighted by Crippen LogP contribution is 2.67. The highest BCUT2D eigenvalue weighted by molar-refractivity contribution is 7.85. The summed E-state index contributed by atoms with van der Waals surface area (Å²) in [5.74, 6) is -12.5. The van der Waals surface area contributed by atoms with Gasteiger partial charge in [-0.2, -0.15) is 8.42 Å². The van der Waals surface area contributed by atoms with Crippen LogP contribution in [0.5, 0.6) is 0 Å². The predicted molar refractivity (Wildman–Crippen MR) is 523 cm³/mol. The molecule has 8 aliphatic rings. The fraction of sp³-hybridized carbons (Fsp3) is 0.561. The van der Waals surface area contributed by atoms with Crippen molar-refractivity contribution in [3.8, 4) is 0 Å². The zero-order chi connectivity index (χ0) is 108. The number of esters is 8. The molecule has 2 saturated heterocycles. The van der Waals surface area contributed by atoms with Gasteiger partial charge >= 0.3 is 66.0 Å². The van der Waals surface area contributed by atoms with E-state index in [1.165, 1.54) is 65.8 Å². The molecular weight excluding hydrogens is 1930 g/mol. The standard InChI is InChI=1S/C57H70N2O17.C49H64N2O15.CH4O3S/c1-33-38(30-57(69)48(74-49(65)37-25-17-11-18-26-37)46-55(8,47(64)44(63)42(33)54(57,6)7)39(61)29-40-56(46,32-71-40)75-34(2)60)72-50(66)45(43(36-23-15-10-16-24-36)59-52(68)76-53(3,4)5)73-41(62)27-19-12-20-28-58-51(67)70-31-35-21-13-9-14-22-35;1-27-31(62-43(58)38(63-34(54)22-16-11-17-23-50)36(29-18-12-9-13-19-29)51-44(59)66-45(3,4)5)25-49(60)41(64-42(57)30-20-14-10-15-21-30)39-47(8,40(56)37(55)35(27)46(49,6)7)32(53)24-33-48(39,26-61-33)65-28(2)52;1-5(2,3)4/h9-11,13-18,21-26,38-40,43-46,48,61,63,69H,12,19-20,27-32H2,1-8H3,(H,58,67)(H,59,68);9-10,12-15,18-21,31-33,36-39,41,53,55,60H,11,16-17,22-26,50H2,1-8H3,(H,51,59);1H3,(H,2,3,4)/t38-,39-,40+,43-,44+,45+,46-,48-,55+,56-,57+;31-,32-,33+,36-,37+,38+,39-,41-,47+,48-,49+;/m00./s1. The normalized spacial score (nSPS) is 28.9. The van der Waals surface area contributed by atoms with Gasteiger partial charge in [-0.1, -0.05) is 168 Å². The van der Waals surface area contributed by atoms with Crippen molar-refractivity contribution in [2.45, 2.75) is 313 Å². The van der Waals surface area contributed by atoms with Crippen LogP contribution in [-0.2, 0) is 117 Å². The van der Waals surface area contributed by atoms with Crippen LogP contribution in [0.1, 0.15) is 237 Å². The van der Waals surface area contributed by atoms with Crippen LogP contribution >= 0.6 is 0 Å². The number of ketones is 2. The second-order valence-corrected chi connectivity index (χ2v) is 43.7. The van der Waals surface area contributed by atoms with Gasteiger partial charge in [0.25, 0.3) is 10.1 Å². The average molecular weight is 2070 g/mol. The van der Waals surface area contributed by atoms with Crippen molar-refractivity contribution in [1.29, 1.82) is 0 Å². The second kappa shape index (κ2) is 46.4. The summed E-state index contributed by atoms with van der Waals surface area (Å²) in [5.41, 5.74) is -10.6. The first-order valence-electron chi connectivity index (χ1n) is 49.0. The van der Waals surface area contributed by atoms with E-state index < -0.39 is 253 Å². The molecule has 22 atom stereocenters. The minimum absolute atomic E-state index is 0.0501. The third kappa shape index (κ3) is 25.3. The van der Waals surface area contributed by atoms with E-state index in [1.807, 2.05) is 30.3 Å². The smallest absolute Gasteiger partial charge is 0.408 e. The van der Waals surface area contributed by atoms with Crippen LogP contribution < -0.4 is 21.7 Å². The fourth-order valence-corrected chi connectivity index (χ4v) is 21.9. The highest BCUT2D eigenvalue weighted by atomic mass is 32.2. The summed E-state index contributed by atoms with van der Waals surface area (Å²) >= 11 is 0. The number of carbonyl (C=O) groups excluding carboxylic acids is 13. The van der Waals surface area contributed by atoms with Crippen molar-refractivity contribution in [3.63, 3.8) is 0 Å². The number of nitrogens with two attached hydrogens (primary N) is 1. The van der Waals surface area contributed by atoms with Crippen molar-refractivity contribution in [3.05, 3.63) is 202 Å². The lowest BCUT2D eigenvalue weighted by Crippen LogP contribution is -2.81. The molecule has 2 heterocycles. The van der Waals surface area contributed by atoms with Crippen LogP contribution in [0.2, 0.25) is 0 Å². The van der Waals surface area contributed by atoms with Crippen molar-refractivity contribution in [2.24, 2.45) is 39.2 Å². The van der Waals surface area contributed by atoms with Gasteiger partial charge in [0, 0.05) is 69.7 Å². The Morgan fingerprint density at radius 1 is 0.490 bits per heavy atom. The van der Waals surface area contributed by atoms with Crippen molar-refractivity contribution < 1.29 is 168 Å². The number of Topliss-reactive ketones (excluding diaryl/α,β-unsaturated/α-hetero) is 2. The first-order valence-corrected chi connectivity index (χ1v) is 50.9. The number of aliphatic hydroxyl groups is 6. The van der Waals surface area contributed by atoms with Gasteiger partial charge in [-0.15, -0.1) is 0 Å². The minimum atomic E-state index is -3.67. The number of nitrogens with one attached hydrogen (secondary N) is 3. The Kier molecular flexibility index (Phi) is 36.4. The molecule has 4 bridgehead atoms. The molecule has 40 heteroatoms. The van der Waals surface area contributed by atoms with E-state index in [4.69, 9.17) is 71.9 Å². The van der Waals surface area contributed by atoms with Gasteiger partial charge in [0.05, 0.1) is 65.5 Å². The van der Waals surface area contributed by atoms with E-state index in [-0.39, 0.29) is 91.9 Å². The van der Waals surface area contributed by atoms with Crippen LogP contribution in [0, 0.1) is 33.5 Å². The quantitative estimate of drug-likeness (QED) is 0.00646. The maximum atomic E-state index is 15.3. The zero-order valence-electron chi connectivity index (χ0n) is 85.7. The lowest BCUT2D eigenvalue weighted by Gasteiger charge is -2.67. The van der Waals surface area contributed by atoms with E-state index in [0.717, 1.165) is 19.4 Å². The Morgan fingerprint density at radius 2 is 0.830 bits per heavy atom. The molecule has 0 unspecified atom stereocenters. The van der Waals surface area contributed by atoms with Crippen molar-refractivity contribution >= 4 is 87.7 Å². The third-order valence-electron chi connectivity index (χ3n) is 29.2. The molecule has 3 amide bonds. The molecule has 802 valence electrons. The number of amides is 3. The number of aliphatic hydroxyl groups excluding tert-OH is 4. The first kappa shape index (κ1) is 115. The monoisotopic (exact) mass is 2070 g/mol. The average Bonchev–Trinajstić information content (AvgIpc) is 0.670. The molecule has 0 radical (unpaired) electrons. The summed E-state index contributed by atoms with van der Waals surface area (Å²) in [6.07, 6.45) is -20.8. The number of hydrogen-bond acceptors (Lipinski definition) is 35. The lowest BCUT2D eigenvalue weighted by atomic mass is 9.44. The summed E-state index contributed by atoms with van der Waals surface area (Å²) in [5, 5.41) is 84.4. The van der Waals surface area contributed by atoms with Crippen LogP contribution in [0.3, 0.4) is 0 Å². The highest BCUT2D eigenvalue weighted by Gasteiger charge is 2.81. The first-order chi connectivity index (χ1) is 68.8. The Hall–Kier alpha value is -12.0. The van der Waals surface area contributed by atoms with Gasteiger partial charge in [0.1, 0.15) is 89.9 Å². The lowest BCUT2D eigenvalue weighted by molar-refractivity contribution is -0.346. The molecule has 2 aliphatic heterocycles. The van der Waals surface area contributed by atoms with Gasteiger partial charge in [0.15, 0.2) is 22.8 Å². The number of unbranched alkanes of at least 4 members (excludes halogenated alkanes) is 4. The number of rotatable bonds is 31. The van der Waals surface area contributed by atoms with Gasteiger partial charge < -0.3 is 114 Å². The number of benzene rings is 5. The molecule has 5 aromatic rings. The fourth-order valence-electron chi connectivity index (χ4n) is 21.9. The Balaban J connectivity index is 0.000000269. The summed E-state index contributed by atoms with van der Waals surface area (Å²) < 4.78 is 103. The summed E-state index contributed by atoms with van der Waals surface area (Å²) in [4.78, 5) is 182. The van der Waals surface area contributed by atoms with Gasteiger partial charge in [0.2, 0.25) is 12.2 Å². The van der Waals surface area contributed by atoms with Crippen LogP contribution in [0.15, 0.2) is 174 Å². The molecule has 13 rings (SSSR count). The molecular formula is C107H138N4O35S. The van der Waals surface area contributed by atoms with E-state index in [9.17, 15) is 87.0 Å². The van der Waals surface area contributed by atoms with E-state index >= 15 is 14.4 Å². The third-order valence-corrected chi connectivity index (χ3v) is 29.2. The van der Waals surface area contributed by atoms with E-state index in [0.29, 0.717) is 56.0 Å². The molecule has 5 aromatic carbocycles. The second-order valence-electron chi connectivity index (χ2n) is 42.2. The van der Waals surface area contributed by atoms with Crippen molar-refractivity contribution in [2.75, 3.05) is 32.6 Å². The molecule has 39 nitrogen and oxygen atoms in total. The number of carbonyl (C=O) groups is 13. The SMILES string of the molecule is CC(=O)O[C@@]12CO[C@@H]1C[C@H](O)[C@@]1(C)C(=O)[C@H](O)C3=C(C)[C@@H](OC(=O)[C@H](OC(=O)CCCCCN)[C@@H](NC(=O)OC(C)(C)C)c4ccccc4)C[C@@](O)([C@@H](OC(=O)c4ccccc4)[C@H]21)C3(C)C.CC(=O)O[C@@]12CO[C@@H]1C[C@H](O)[C@@]1(C)C(=O)[C@H](O)C3=C(C)[C@@H](OC(=O)[C@H](OC(=O)CCCCCNC(=O)OCc4ccccc4)[C@@H](NC(=O)OC(C)(C)C)c4ccccc4)C[C@@](O)([C@@H](OC(=O)c4ccccc4)[C@H]21)C3(C)C.CS(=O)(=O)O.